The maximum absolute atomic E-state index is 11.8. The zero-order chi connectivity index (χ0) is 21.9. The number of anilines is 1. The smallest absolute Gasteiger partial charge is 0.224 e. The van der Waals surface area contributed by atoms with Crippen LogP contribution in [0, 0.1) is 0 Å². The Morgan fingerprint density at radius 1 is 1.23 bits per heavy atom. The number of amides is 1. The quantitative estimate of drug-likeness (QED) is 0.264. The van der Waals surface area contributed by atoms with Crippen molar-refractivity contribution in [1.29, 1.82) is 0 Å². The van der Waals surface area contributed by atoms with Crippen molar-refractivity contribution in [2.75, 3.05) is 18.9 Å². The molecule has 3 N–H and O–H groups in total. The second-order valence-corrected chi connectivity index (χ2v) is 7.09. The van der Waals surface area contributed by atoms with Gasteiger partial charge in [0.05, 0.1) is 0 Å². The molecule has 5 nitrogen and oxygen atoms in total. The lowest BCUT2D eigenvalue weighted by molar-refractivity contribution is -0.116. The van der Waals surface area contributed by atoms with E-state index in [0.29, 0.717) is 18.4 Å². The van der Waals surface area contributed by atoms with Gasteiger partial charge in [-0.25, -0.2) is 0 Å². The highest BCUT2D eigenvalue weighted by Gasteiger charge is 2.11. The van der Waals surface area contributed by atoms with Crippen molar-refractivity contribution in [3.63, 3.8) is 0 Å². The van der Waals surface area contributed by atoms with Crippen LogP contribution in [0.1, 0.15) is 53.5 Å². The number of hydrogen-bond donors (Lipinski definition) is 3. The van der Waals surface area contributed by atoms with Gasteiger partial charge in [-0.1, -0.05) is 31.7 Å². The van der Waals surface area contributed by atoms with Crippen LogP contribution in [0.2, 0.25) is 0 Å². The first-order valence-corrected chi connectivity index (χ1v) is 10.2. The van der Waals surface area contributed by atoms with E-state index in [1.807, 2.05) is 43.5 Å². The van der Waals surface area contributed by atoms with E-state index in [1.54, 1.807) is 6.08 Å². The number of aromatic amines is 1. The van der Waals surface area contributed by atoms with Crippen molar-refractivity contribution in [2.45, 2.75) is 32.6 Å². The molecular formula is C25H31N3O2. The highest BCUT2D eigenvalue weighted by Crippen LogP contribution is 2.26. The van der Waals surface area contributed by atoms with Crippen molar-refractivity contribution in [3.05, 3.63) is 78.2 Å². The van der Waals surface area contributed by atoms with Gasteiger partial charge >= 0.3 is 0 Å². The van der Waals surface area contributed by atoms with Crippen LogP contribution >= 0.6 is 0 Å². The van der Waals surface area contributed by atoms with E-state index < -0.39 is 0 Å². The van der Waals surface area contributed by atoms with Crippen molar-refractivity contribution in [2.24, 2.45) is 0 Å². The number of nitrogens with one attached hydrogen (secondary N) is 3. The predicted octanol–water partition coefficient (Wildman–Crippen LogP) is 5.00. The molecule has 0 spiro atoms. The van der Waals surface area contributed by atoms with Crippen LogP contribution < -0.4 is 10.6 Å². The first-order chi connectivity index (χ1) is 14.5. The van der Waals surface area contributed by atoms with Crippen LogP contribution in [0.25, 0.3) is 11.1 Å². The number of hydrogen-bond acceptors (Lipinski definition) is 3. The standard InChI is InChI=1S/C25H31N3O2/c1-5-7-8-25(30)27-22-11-9-20(10-12-22)18(3)15-19(6-2)24-16-21(17-29)23(28-24)13-14-26-4/h5,9-12,15-17,26,28H,1,3,6-8,13-14H2,2,4H3,(H,27,30)/b19-15+. The monoisotopic (exact) mass is 405 g/mol. The molecule has 0 aliphatic heterocycles. The molecule has 2 rings (SSSR count). The third kappa shape index (κ3) is 6.42. The summed E-state index contributed by atoms with van der Waals surface area (Å²) in [6.07, 6.45) is 7.33. The number of likely N-dealkylation sites (N-methyl/N-ethyl adjacent to an activating group) is 1. The van der Waals surface area contributed by atoms with Gasteiger partial charge in [-0.05, 0) is 60.9 Å². The molecule has 0 atom stereocenters. The number of H-pyrrole nitrogens is 1. The van der Waals surface area contributed by atoms with Gasteiger partial charge in [-0.3, -0.25) is 9.59 Å². The Morgan fingerprint density at radius 3 is 2.57 bits per heavy atom. The number of allylic oxidation sites excluding steroid dienone is 4. The molecule has 0 saturated carbocycles. The molecule has 0 radical (unpaired) electrons. The van der Waals surface area contributed by atoms with Gasteiger partial charge in [-0.2, -0.15) is 0 Å². The Labute approximate surface area is 179 Å². The maximum Gasteiger partial charge on any atom is 0.224 e. The topological polar surface area (TPSA) is 74.0 Å². The number of aromatic nitrogens is 1. The molecular weight excluding hydrogens is 374 g/mol. The van der Waals surface area contributed by atoms with Crippen LogP contribution in [0.3, 0.4) is 0 Å². The van der Waals surface area contributed by atoms with Crippen LogP contribution in [-0.2, 0) is 11.2 Å². The predicted molar refractivity (Wildman–Crippen MR) is 126 cm³/mol. The molecule has 2 aromatic rings. The van der Waals surface area contributed by atoms with Crippen molar-refractivity contribution >= 4 is 29.0 Å². The molecule has 0 aliphatic carbocycles. The first kappa shape index (κ1) is 23.1. The van der Waals surface area contributed by atoms with Crippen LogP contribution in [-0.4, -0.2) is 30.8 Å². The Morgan fingerprint density at radius 2 is 1.97 bits per heavy atom. The minimum Gasteiger partial charge on any atom is -0.358 e. The summed E-state index contributed by atoms with van der Waals surface area (Å²) in [5, 5.41) is 5.98. The SMILES string of the molecule is C=CCCC(=O)Nc1ccc(C(=C)/C=C(\CC)c2cc(C=O)c(CCNC)[nH]2)cc1. The maximum atomic E-state index is 11.8. The van der Waals surface area contributed by atoms with E-state index in [4.69, 9.17) is 0 Å². The zero-order valence-electron chi connectivity index (χ0n) is 17.9. The third-order valence-corrected chi connectivity index (χ3v) is 4.88. The lowest BCUT2D eigenvalue weighted by Gasteiger charge is -2.08. The van der Waals surface area contributed by atoms with E-state index in [0.717, 1.165) is 59.5 Å². The average molecular weight is 406 g/mol. The molecule has 30 heavy (non-hydrogen) atoms. The second-order valence-electron chi connectivity index (χ2n) is 7.09. The number of benzene rings is 1. The van der Waals surface area contributed by atoms with Crippen LogP contribution in [0.4, 0.5) is 5.69 Å². The van der Waals surface area contributed by atoms with Gasteiger partial charge in [0.25, 0.3) is 0 Å². The fourth-order valence-corrected chi connectivity index (χ4v) is 3.14. The van der Waals surface area contributed by atoms with Crippen LogP contribution in [0.15, 0.2) is 55.6 Å². The van der Waals surface area contributed by atoms with E-state index in [2.05, 4.69) is 35.7 Å². The van der Waals surface area contributed by atoms with Crippen molar-refractivity contribution < 1.29 is 9.59 Å². The summed E-state index contributed by atoms with van der Waals surface area (Å²) in [6, 6.07) is 9.54. The van der Waals surface area contributed by atoms with Gasteiger partial charge < -0.3 is 15.6 Å². The summed E-state index contributed by atoms with van der Waals surface area (Å²) in [6.45, 7) is 10.7. The lowest BCUT2D eigenvalue weighted by atomic mass is 10.0. The Balaban J connectivity index is 2.15. The fraction of sp³-hybridized carbons (Fsp3) is 0.280. The van der Waals surface area contributed by atoms with E-state index in [-0.39, 0.29) is 5.91 Å². The van der Waals surface area contributed by atoms with E-state index in [1.165, 1.54) is 0 Å². The molecule has 1 aromatic carbocycles. The normalized spacial score (nSPS) is 11.2. The van der Waals surface area contributed by atoms with Gasteiger partial charge in [0.2, 0.25) is 5.91 Å². The van der Waals surface area contributed by atoms with Gasteiger partial charge in [0.15, 0.2) is 6.29 Å². The van der Waals surface area contributed by atoms with E-state index in [9.17, 15) is 9.59 Å². The van der Waals surface area contributed by atoms with E-state index >= 15 is 0 Å². The fourth-order valence-electron chi connectivity index (χ4n) is 3.14. The highest BCUT2D eigenvalue weighted by molar-refractivity contribution is 5.91. The minimum absolute atomic E-state index is 0.0264. The zero-order valence-corrected chi connectivity index (χ0v) is 17.9. The molecule has 0 aliphatic rings. The molecule has 0 unspecified atom stereocenters. The number of carbonyl (C=O) groups is 2. The molecule has 158 valence electrons. The molecule has 1 amide bonds. The molecule has 0 bridgehead atoms. The summed E-state index contributed by atoms with van der Waals surface area (Å²) in [7, 11) is 1.89. The third-order valence-electron chi connectivity index (χ3n) is 4.88. The summed E-state index contributed by atoms with van der Waals surface area (Å²) in [4.78, 5) is 26.6. The number of rotatable bonds is 12. The Bertz CT molecular complexity index is 920. The largest absolute Gasteiger partial charge is 0.358 e. The lowest BCUT2D eigenvalue weighted by Crippen LogP contribution is -2.11. The van der Waals surface area contributed by atoms with Crippen LogP contribution in [0.5, 0.6) is 0 Å². The number of aldehydes is 1. The summed E-state index contributed by atoms with van der Waals surface area (Å²) in [5.41, 5.74) is 6.27. The first-order valence-electron chi connectivity index (χ1n) is 10.2. The minimum atomic E-state index is -0.0264. The summed E-state index contributed by atoms with van der Waals surface area (Å²) in [5.74, 6) is -0.0264. The van der Waals surface area contributed by atoms with Crippen molar-refractivity contribution in [1.82, 2.24) is 10.3 Å². The molecule has 0 fully saturated rings. The Hall–Kier alpha value is -3.18. The van der Waals surface area contributed by atoms with Crippen molar-refractivity contribution in [3.8, 4) is 0 Å². The summed E-state index contributed by atoms with van der Waals surface area (Å²) >= 11 is 0. The van der Waals surface area contributed by atoms with Gasteiger partial charge in [0.1, 0.15) is 0 Å². The Kier molecular flexibility index (Phi) is 9.03. The molecule has 5 heteroatoms. The summed E-state index contributed by atoms with van der Waals surface area (Å²) < 4.78 is 0. The van der Waals surface area contributed by atoms with Gasteiger partial charge in [0, 0.05) is 42.0 Å². The highest BCUT2D eigenvalue weighted by atomic mass is 16.1. The average Bonchev–Trinajstić information content (AvgIpc) is 3.17. The molecule has 0 saturated heterocycles. The molecule has 1 aromatic heterocycles. The van der Waals surface area contributed by atoms with Gasteiger partial charge in [-0.15, -0.1) is 6.58 Å². The second kappa shape index (κ2) is 11.7. The number of carbonyl (C=O) groups excluding carboxylic acids is 2. The molecule has 1 heterocycles.